The number of aromatic nitrogens is 3. The van der Waals surface area contributed by atoms with E-state index in [1.807, 2.05) is 17.2 Å². The SMILES string of the molecule is FC(F)(F)c1ccccc1N1CCN(Cc2cnn3cccnc23)CC1. The molecule has 3 heterocycles. The van der Waals surface area contributed by atoms with Crippen LogP contribution in [-0.4, -0.2) is 45.7 Å². The fourth-order valence-electron chi connectivity index (χ4n) is 3.36. The number of benzene rings is 1. The number of anilines is 1. The molecule has 1 aliphatic rings. The maximum Gasteiger partial charge on any atom is 0.418 e. The van der Waals surface area contributed by atoms with E-state index in [2.05, 4.69) is 15.0 Å². The zero-order valence-electron chi connectivity index (χ0n) is 14.0. The van der Waals surface area contributed by atoms with Crippen molar-refractivity contribution >= 4 is 11.3 Å². The second-order valence-electron chi connectivity index (χ2n) is 6.34. The molecule has 0 radical (unpaired) electrons. The van der Waals surface area contributed by atoms with Gasteiger partial charge in [-0.15, -0.1) is 0 Å². The minimum atomic E-state index is -4.34. The molecular weight excluding hydrogens is 343 g/mol. The molecule has 0 aliphatic carbocycles. The number of piperazine rings is 1. The fourth-order valence-corrected chi connectivity index (χ4v) is 3.36. The van der Waals surface area contributed by atoms with E-state index in [9.17, 15) is 13.2 Å². The summed E-state index contributed by atoms with van der Waals surface area (Å²) in [5.74, 6) is 0. The van der Waals surface area contributed by atoms with Gasteiger partial charge in [-0.3, -0.25) is 4.90 Å². The van der Waals surface area contributed by atoms with Crippen LogP contribution >= 0.6 is 0 Å². The average molecular weight is 361 g/mol. The molecule has 0 saturated carbocycles. The van der Waals surface area contributed by atoms with Crippen molar-refractivity contribution in [1.82, 2.24) is 19.5 Å². The minimum absolute atomic E-state index is 0.261. The third-order valence-corrected chi connectivity index (χ3v) is 4.67. The molecule has 0 amide bonds. The molecule has 3 aromatic rings. The van der Waals surface area contributed by atoms with Gasteiger partial charge in [-0.2, -0.15) is 18.3 Å². The van der Waals surface area contributed by atoms with Gasteiger partial charge in [0.1, 0.15) is 0 Å². The van der Waals surface area contributed by atoms with Crippen LogP contribution in [0.3, 0.4) is 0 Å². The Morgan fingerprint density at radius 3 is 2.54 bits per heavy atom. The molecule has 26 heavy (non-hydrogen) atoms. The summed E-state index contributed by atoms with van der Waals surface area (Å²) in [5, 5.41) is 4.28. The van der Waals surface area contributed by atoms with E-state index in [1.54, 1.807) is 29.0 Å². The number of nitrogens with zero attached hydrogens (tertiary/aromatic N) is 5. The smallest absolute Gasteiger partial charge is 0.368 e. The number of para-hydroxylation sites is 1. The number of rotatable bonds is 3. The van der Waals surface area contributed by atoms with Gasteiger partial charge in [0.05, 0.1) is 11.8 Å². The van der Waals surface area contributed by atoms with E-state index in [0.717, 1.165) is 17.3 Å². The molecule has 2 aromatic heterocycles. The zero-order valence-corrected chi connectivity index (χ0v) is 14.0. The van der Waals surface area contributed by atoms with Crippen LogP contribution in [-0.2, 0) is 12.7 Å². The highest BCUT2D eigenvalue weighted by Crippen LogP contribution is 2.36. The molecule has 4 rings (SSSR count). The topological polar surface area (TPSA) is 36.7 Å². The van der Waals surface area contributed by atoms with Crippen molar-refractivity contribution < 1.29 is 13.2 Å². The Morgan fingerprint density at radius 1 is 1.00 bits per heavy atom. The summed E-state index contributed by atoms with van der Waals surface area (Å²) < 4.78 is 41.4. The van der Waals surface area contributed by atoms with E-state index in [-0.39, 0.29) is 5.69 Å². The van der Waals surface area contributed by atoms with Crippen LogP contribution in [0.2, 0.25) is 0 Å². The predicted octanol–water partition coefficient (Wildman–Crippen LogP) is 3.07. The molecule has 8 heteroatoms. The third-order valence-electron chi connectivity index (χ3n) is 4.67. The van der Waals surface area contributed by atoms with Crippen molar-refractivity contribution in [1.29, 1.82) is 0 Å². The number of hydrogen-bond donors (Lipinski definition) is 0. The first-order valence-electron chi connectivity index (χ1n) is 8.43. The number of fused-ring (bicyclic) bond motifs is 1. The van der Waals surface area contributed by atoms with Gasteiger partial charge < -0.3 is 4.90 Å². The average Bonchev–Trinajstić information content (AvgIpc) is 3.05. The molecule has 0 bridgehead atoms. The summed E-state index contributed by atoms with van der Waals surface area (Å²) in [5.41, 5.74) is 1.53. The normalized spacial score (nSPS) is 16.3. The molecule has 0 atom stereocenters. The molecule has 5 nitrogen and oxygen atoms in total. The fraction of sp³-hybridized carbons (Fsp3) is 0.333. The maximum absolute atomic E-state index is 13.2. The predicted molar refractivity (Wildman–Crippen MR) is 91.9 cm³/mol. The summed E-state index contributed by atoms with van der Waals surface area (Å²) in [7, 11) is 0. The van der Waals surface area contributed by atoms with E-state index in [1.165, 1.54) is 6.07 Å². The van der Waals surface area contributed by atoms with Crippen LogP contribution in [0.5, 0.6) is 0 Å². The lowest BCUT2D eigenvalue weighted by atomic mass is 10.1. The lowest BCUT2D eigenvalue weighted by Crippen LogP contribution is -2.46. The largest absolute Gasteiger partial charge is 0.418 e. The van der Waals surface area contributed by atoms with Crippen LogP contribution in [0.1, 0.15) is 11.1 Å². The van der Waals surface area contributed by atoms with E-state index in [0.29, 0.717) is 32.7 Å². The van der Waals surface area contributed by atoms with Crippen molar-refractivity contribution in [3.05, 3.63) is 60.0 Å². The number of halogens is 3. The Balaban J connectivity index is 1.45. The second kappa shape index (κ2) is 6.60. The first kappa shape index (κ1) is 16.8. The third kappa shape index (κ3) is 3.24. The quantitative estimate of drug-likeness (QED) is 0.719. The van der Waals surface area contributed by atoms with Crippen molar-refractivity contribution in [3.63, 3.8) is 0 Å². The maximum atomic E-state index is 13.2. The highest BCUT2D eigenvalue weighted by Gasteiger charge is 2.35. The first-order chi connectivity index (χ1) is 12.5. The molecule has 0 unspecified atom stereocenters. The number of hydrogen-bond acceptors (Lipinski definition) is 4. The Bertz CT molecular complexity index is 897. The van der Waals surface area contributed by atoms with E-state index in [4.69, 9.17) is 0 Å². The van der Waals surface area contributed by atoms with Gasteiger partial charge in [0.25, 0.3) is 0 Å². The Labute approximate surface area is 148 Å². The van der Waals surface area contributed by atoms with Gasteiger partial charge in [-0.1, -0.05) is 12.1 Å². The van der Waals surface area contributed by atoms with E-state index >= 15 is 0 Å². The molecule has 0 N–H and O–H groups in total. The lowest BCUT2D eigenvalue weighted by molar-refractivity contribution is -0.137. The van der Waals surface area contributed by atoms with Gasteiger partial charge in [-0.25, -0.2) is 9.50 Å². The summed E-state index contributed by atoms with van der Waals surface area (Å²) in [6.45, 7) is 3.18. The van der Waals surface area contributed by atoms with Gasteiger partial charge in [0, 0.05) is 56.4 Å². The number of alkyl halides is 3. The standard InChI is InChI=1S/C18H18F3N5/c19-18(20,21)15-4-1-2-5-16(15)25-10-8-24(9-11-25)13-14-12-23-26-7-3-6-22-17(14)26/h1-7,12H,8-11,13H2. The van der Waals surface area contributed by atoms with Crippen LogP contribution < -0.4 is 4.90 Å². The van der Waals surface area contributed by atoms with Crippen molar-refractivity contribution in [2.45, 2.75) is 12.7 Å². The van der Waals surface area contributed by atoms with Gasteiger partial charge in [0.15, 0.2) is 5.65 Å². The second-order valence-corrected chi connectivity index (χ2v) is 6.34. The van der Waals surface area contributed by atoms with Crippen LogP contribution in [0.25, 0.3) is 5.65 Å². The van der Waals surface area contributed by atoms with Gasteiger partial charge in [0.2, 0.25) is 0 Å². The minimum Gasteiger partial charge on any atom is -0.368 e. The summed E-state index contributed by atoms with van der Waals surface area (Å²) in [6, 6.07) is 7.60. The van der Waals surface area contributed by atoms with Crippen molar-refractivity contribution in [2.24, 2.45) is 0 Å². The van der Waals surface area contributed by atoms with Gasteiger partial charge in [-0.05, 0) is 18.2 Å². The molecule has 1 fully saturated rings. The lowest BCUT2D eigenvalue weighted by Gasteiger charge is -2.37. The summed E-state index contributed by atoms with van der Waals surface area (Å²) in [4.78, 5) is 8.38. The highest BCUT2D eigenvalue weighted by atomic mass is 19.4. The molecule has 1 aromatic carbocycles. The van der Waals surface area contributed by atoms with E-state index < -0.39 is 11.7 Å². The first-order valence-corrected chi connectivity index (χ1v) is 8.43. The molecule has 1 saturated heterocycles. The molecule has 1 aliphatic heterocycles. The molecule has 136 valence electrons. The Hall–Kier alpha value is -2.61. The van der Waals surface area contributed by atoms with Crippen molar-refractivity contribution in [2.75, 3.05) is 31.1 Å². The molecular formula is C18H18F3N5. The molecule has 0 spiro atoms. The van der Waals surface area contributed by atoms with Crippen LogP contribution in [0.4, 0.5) is 18.9 Å². The summed E-state index contributed by atoms with van der Waals surface area (Å²) >= 11 is 0. The zero-order chi connectivity index (χ0) is 18.1. The van der Waals surface area contributed by atoms with Crippen molar-refractivity contribution in [3.8, 4) is 0 Å². The van der Waals surface area contributed by atoms with Crippen LogP contribution in [0.15, 0.2) is 48.9 Å². The van der Waals surface area contributed by atoms with Crippen LogP contribution in [0, 0.1) is 0 Å². The summed E-state index contributed by atoms with van der Waals surface area (Å²) in [6.07, 6.45) is 1.04. The Kier molecular flexibility index (Phi) is 4.28. The highest BCUT2D eigenvalue weighted by molar-refractivity contribution is 5.55. The monoisotopic (exact) mass is 361 g/mol. The Morgan fingerprint density at radius 2 is 1.77 bits per heavy atom. The van der Waals surface area contributed by atoms with Gasteiger partial charge >= 0.3 is 6.18 Å².